The Hall–Kier alpha value is -6.00. The highest BCUT2D eigenvalue weighted by molar-refractivity contribution is 6.70. The second-order valence-electron chi connectivity index (χ2n) is 16.7. The van der Waals surface area contributed by atoms with Gasteiger partial charge in [-0.15, -0.1) is 32.8 Å². The monoisotopic (exact) mass is 745 g/mol. The van der Waals surface area contributed by atoms with Crippen LogP contribution in [0.15, 0.2) is 108 Å². The molecule has 0 amide bonds. The maximum Gasteiger partial charge on any atom is 0.164 e. The maximum atomic E-state index is 6.48. The number of hydrogen-bond donors (Lipinski definition) is 0. The highest BCUT2D eigenvalue weighted by atomic mass is 16.3. The van der Waals surface area contributed by atoms with Crippen molar-refractivity contribution in [3.63, 3.8) is 0 Å². The van der Waals surface area contributed by atoms with Crippen LogP contribution in [0.1, 0.15) is 0 Å². The van der Waals surface area contributed by atoms with E-state index in [9.17, 15) is 0 Å². The molecule has 2 aromatic heterocycles. The Kier molecular flexibility index (Phi) is 8.72. The first kappa shape index (κ1) is 37.3. The number of fused-ring (bicyclic) bond motifs is 9. The second kappa shape index (κ2) is 13.8. The summed E-state index contributed by atoms with van der Waals surface area (Å²) < 4.78 is 6.48. The third-order valence-electron chi connectivity index (χ3n) is 13.9. The fraction of sp³-hybridized carbons (Fsp3) is 0. The minimum absolute atomic E-state index is 0.649. The SMILES string of the molecule is Bc1c(B)c(B)c(-c2nc(-c3ccc4oc5ccc(-c6ccc7c8ccccc8c8ccccc8c7c6)cc5c4c3)nc(-c3c(B)c(B)c(B)c(B)c3B)n2)c(B)c1B. The fourth-order valence-corrected chi connectivity index (χ4v) is 9.58. The first-order valence-electron chi connectivity index (χ1n) is 20.6. The van der Waals surface area contributed by atoms with Crippen LogP contribution >= 0.6 is 0 Å². The van der Waals surface area contributed by atoms with E-state index in [2.05, 4.69) is 182 Å². The number of benzene rings is 8. The number of hydrogen-bond acceptors (Lipinski definition) is 4. The Bertz CT molecular complexity index is 3300. The van der Waals surface area contributed by atoms with Crippen molar-refractivity contribution in [1.82, 2.24) is 15.0 Å². The van der Waals surface area contributed by atoms with Crippen molar-refractivity contribution in [3.05, 3.63) is 103 Å². The zero-order valence-electron chi connectivity index (χ0n) is 35.6. The van der Waals surface area contributed by atoms with E-state index in [1.54, 1.807) is 0 Å². The average Bonchev–Trinajstić information content (AvgIpc) is 3.63. The van der Waals surface area contributed by atoms with Crippen LogP contribution in [0.25, 0.3) is 99.5 Å². The van der Waals surface area contributed by atoms with Gasteiger partial charge in [0, 0.05) is 27.5 Å². The molecule has 0 saturated heterocycles. The predicted molar refractivity (Wildman–Crippen MR) is 283 cm³/mol. The van der Waals surface area contributed by atoms with E-state index in [-0.39, 0.29) is 0 Å². The standard InChI is InChI=1S/C45H37B10N3O/c46-33-31(34(47)38(51)41(54)37(33)50)44-56-43(57-45(58-44)32-35(48)39(52)42(55)40(53)36(32)49)20-11-14-30-28(17-20)27-16-19(10-13-29(27)59-30)18-9-12-25-23-7-2-1-5-21(23)22-6-3-4-8-24(22)26(25)15-18/h1-17H,46-55H2. The van der Waals surface area contributed by atoms with E-state index >= 15 is 0 Å². The van der Waals surface area contributed by atoms with E-state index in [1.807, 2.05) is 0 Å². The van der Waals surface area contributed by atoms with Crippen LogP contribution in [0.4, 0.5) is 0 Å². The molecule has 59 heavy (non-hydrogen) atoms. The number of nitrogens with zero attached hydrogens (tertiary/aromatic N) is 3. The van der Waals surface area contributed by atoms with Crippen LogP contribution in [0, 0.1) is 0 Å². The Morgan fingerprint density at radius 2 is 0.610 bits per heavy atom. The van der Waals surface area contributed by atoms with Gasteiger partial charge in [0.25, 0.3) is 0 Å². The highest BCUT2D eigenvalue weighted by Gasteiger charge is 2.22. The molecule has 10 rings (SSSR count). The molecule has 0 spiro atoms. The molecule has 0 atom stereocenters. The van der Waals surface area contributed by atoms with Gasteiger partial charge in [0.2, 0.25) is 0 Å². The van der Waals surface area contributed by atoms with Gasteiger partial charge in [-0.3, -0.25) is 0 Å². The van der Waals surface area contributed by atoms with Crippen LogP contribution < -0.4 is 54.6 Å². The van der Waals surface area contributed by atoms with Crippen molar-refractivity contribution < 1.29 is 4.42 Å². The van der Waals surface area contributed by atoms with E-state index < -0.39 is 0 Å². The summed E-state index contributed by atoms with van der Waals surface area (Å²) in [6.45, 7) is 0. The summed E-state index contributed by atoms with van der Waals surface area (Å²) in [6.07, 6.45) is 0. The summed E-state index contributed by atoms with van der Waals surface area (Å²) in [7, 11) is 22.1. The van der Waals surface area contributed by atoms with Gasteiger partial charge in [-0.2, -0.15) is 0 Å². The second-order valence-corrected chi connectivity index (χ2v) is 16.7. The van der Waals surface area contributed by atoms with Gasteiger partial charge in [0.05, 0.1) is 0 Å². The first-order valence-corrected chi connectivity index (χ1v) is 20.6. The molecule has 0 aliphatic rings. The van der Waals surface area contributed by atoms with E-state index in [1.165, 1.54) is 92.5 Å². The Morgan fingerprint density at radius 3 is 1.07 bits per heavy atom. The molecule has 0 fully saturated rings. The Balaban J connectivity index is 1.17. The van der Waals surface area contributed by atoms with Crippen LogP contribution in [0.3, 0.4) is 0 Å². The summed E-state index contributed by atoms with van der Waals surface area (Å²) in [4.78, 5) is 16.0. The third-order valence-corrected chi connectivity index (χ3v) is 13.9. The van der Waals surface area contributed by atoms with Crippen molar-refractivity contribution >= 4 is 187 Å². The lowest BCUT2D eigenvalue weighted by Gasteiger charge is -2.22. The molecule has 0 aliphatic carbocycles. The largest absolute Gasteiger partial charge is 0.456 e. The van der Waals surface area contributed by atoms with Crippen molar-refractivity contribution in [2.24, 2.45) is 0 Å². The topological polar surface area (TPSA) is 51.8 Å². The molecule has 14 heteroatoms. The molecule has 0 unspecified atom stereocenters. The van der Waals surface area contributed by atoms with Crippen LogP contribution in [0.5, 0.6) is 0 Å². The van der Waals surface area contributed by atoms with Crippen molar-refractivity contribution in [1.29, 1.82) is 0 Å². The van der Waals surface area contributed by atoms with Crippen molar-refractivity contribution in [3.8, 4) is 45.3 Å². The maximum absolute atomic E-state index is 6.48. The first-order chi connectivity index (χ1) is 28.4. The molecule has 4 nitrogen and oxygen atoms in total. The van der Waals surface area contributed by atoms with Gasteiger partial charge in [-0.05, 0) is 79.8 Å². The van der Waals surface area contributed by atoms with Gasteiger partial charge in [0.15, 0.2) is 17.5 Å². The summed E-state index contributed by atoms with van der Waals surface area (Å²) in [5, 5.41) is 9.71. The molecule has 0 bridgehead atoms. The molecule has 268 valence electrons. The summed E-state index contributed by atoms with van der Waals surface area (Å²) >= 11 is 0. The minimum atomic E-state index is 0.649. The predicted octanol–water partition coefficient (Wildman–Crippen LogP) is -5.52. The quantitative estimate of drug-likeness (QED) is 0.134. The molecule has 0 N–H and O–H groups in total. The smallest absolute Gasteiger partial charge is 0.164 e. The molecule has 10 aromatic rings. The molecule has 2 heterocycles. The highest BCUT2D eigenvalue weighted by Crippen LogP contribution is 2.39. The zero-order valence-corrected chi connectivity index (χ0v) is 35.6. The van der Waals surface area contributed by atoms with Gasteiger partial charge < -0.3 is 4.42 Å². The average molecular weight is 744 g/mol. The van der Waals surface area contributed by atoms with Gasteiger partial charge in [-0.1, -0.05) is 88.6 Å². The van der Waals surface area contributed by atoms with E-state index in [0.717, 1.165) is 44.2 Å². The molecule has 0 saturated carbocycles. The van der Waals surface area contributed by atoms with Crippen LogP contribution in [0.2, 0.25) is 0 Å². The van der Waals surface area contributed by atoms with Crippen LogP contribution in [-0.2, 0) is 0 Å². The third kappa shape index (κ3) is 5.70. The Morgan fingerprint density at radius 1 is 0.288 bits per heavy atom. The number of furan rings is 1. The summed E-state index contributed by atoms with van der Waals surface area (Å²) in [5.74, 6) is 2.06. The summed E-state index contributed by atoms with van der Waals surface area (Å²) in [5.41, 5.74) is 19.6. The summed E-state index contributed by atoms with van der Waals surface area (Å²) in [6, 6.07) is 37.3. The van der Waals surface area contributed by atoms with Crippen molar-refractivity contribution in [2.45, 2.75) is 0 Å². The lowest BCUT2D eigenvalue weighted by molar-refractivity contribution is 0.669. The zero-order chi connectivity index (χ0) is 41.0. The fourth-order valence-electron chi connectivity index (χ4n) is 9.58. The molecular formula is C45H37B10N3O. The van der Waals surface area contributed by atoms with Crippen molar-refractivity contribution in [2.75, 3.05) is 0 Å². The van der Waals surface area contributed by atoms with Gasteiger partial charge >= 0.3 is 0 Å². The van der Waals surface area contributed by atoms with Gasteiger partial charge in [0.1, 0.15) is 89.6 Å². The minimum Gasteiger partial charge on any atom is -0.456 e. The molecule has 8 aromatic carbocycles. The molecule has 0 radical (unpaired) electrons. The van der Waals surface area contributed by atoms with Crippen LogP contribution in [-0.4, -0.2) is 93.4 Å². The molecular weight excluding hydrogens is 707 g/mol. The molecule has 0 aliphatic heterocycles. The van der Waals surface area contributed by atoms with Gasteiger partial charge in [-0.25, -0.2) is 15.0 Å². The Labute approximate surface area is 353 Å². The van der Waals surface area contributed by atoms with E-state index in [4.69, 9.17) is 19.4 Å². The number of rotatable bonds is 4. The van der Waals surface area contributed by atoms with E-state index in [0.29, 0.717) is 17.5 Å². The number of aromatic nitrogens is 3. The lowest BCUT2D eigenvalue weighted by atomic mass is 9.60. The lowest BCUT2D eigenvalue weighted by Crippen LogP contribution is -2.55. The normalized spacial score (nSPS) is 11.7.